The highest BCUT2D eigenvalue weighted by Crippen LogP contribution is 2.16. The van der Waals surface area contributed by atoms with Gasteiger partial charge in [-0.05, 0) is 30.3 Å². The van der Waals surface area contributed by atoms with E-state index >= 15 is 0 Å². The Morgan fingerprint density at radius 1 is 0.862 bits per heavy atom. The summed E-state index contributed by atoms with van der Waals surface area (Å²) in [4.78, 5) is 15.9. The maximum atomic E-state index is 4.70. The van der Waals surface area contributed by atoms with Gasteiger partial charge in [-0.3, -0.25) is 5.43 Å². The summed E-state index contributed by atoms with van der Waals surface area (Å²) in [6.07, 6.45) is 3.72. The third-order valence-corrected chi connectivity index (χ3v) is 4.61. The summed E-state index contributed by atoms with van der Waals surface area (Å²) >= 11 is 0. The monoisotopic (exact) mass is 378 g/mol. The molecule has 3 N–H and O–H groups in total. The van der Waals surface area contributed by atoms with E-state index in [4.69, 9.17) is 4.99 Å². The van der Waals surface area contributed by atoms with Gasteiger partial charge in [-0.15, -0.1) is 0 Å². The summed E-state index contributed by atoms with van der Waals surface area (Å²) in [6.45, 7) is 0. The molecule has 0 aliphatic carbocycles. The molecular weight excluding hydrogens is 360 g/mol. The van der Waals surface area contributed by atoms with Crippen molar-refractivity contribution in [1.29, 1.82) is 0 Å². The van der Waals surface area contributed by atoms with E-state index in [0.717, 1.165) is 33.2 Å². The minimum atomic E-state index is 0.545. The van der Waals surface area contributed by atoms with Crippen molar-refractivity contribution < 1.29 is 0 Å². The van der Waals surface area contributed by atoms with Crippen LogP contribution in [0, 0.1) is 0 Å². The second kappa shape index (κ2) is 7.44. The van der Waals surface area contributed by atoms with E-state index in [2.05, 4.69) is 31.5 Å². The maximum Gasteiger partial charge on any atom is 0.190 e. The summed E-state index contributed by atoms with van der Waals surface area (Å²) < 4.78 is 0. The minimum absolute atomic E-state index is 0.545. The van der Waals surface area contributed by atoms with Gasteiger partial charge in [0.25, 0.3) is 0 Å². The number of aromatic nitrogens is 3. The molecule has 2 heterocycles. The number of fused-ring (bicyclic) bond motifs is 2. The van der Waals surface area contributed by atoms with E-state index in [1.807, 2.05) is 79.0 Å². The number of hydrogen-bond acceptors (Lipinski definition) is 3. The third kappa shape index (κ3) is 3.51. The molecule has 0 amide bonds. The Morgan fingerprint density at radius 3 is 2.48 bits per heavy atom. The molecule has 0 aliphatic heterocycles. The first kappa shape index (κ1) is 16.9. The predicted octanol–water partition coefficient (Wildman–Crippen LogP) is 4.75. The van der Waals surface area contributed by atoms with E-state index in [1.165, 1.54) is 0 Å². The van der Waals surface area contributed by atoms with Gasteiger partial charge in [-0.1, -0.05) is 48.5 Å². The highest BCUT2D eigenvalue weighted by molar-refractivity contribution is 6.02. The fraction of sp³-hybridized carbons (Fsp3) is 0. The Labute approximate surface area is 167 Å². The van der Waals surface area contributed by atoms with E-state index in [1.54, 1.807) is 6.21 Å². The van der Waals surface area contributed by atoms with Crippen molar-refractivity contribution in [3.63, 3.8) is 0 Å². The summed E-state index contributed by atoms with van der Waals surface area (Å²) in [5.41, 5.74) is 7.78. The zero-order valence-electron chi connectivity index (χ0n) is 15.5. The Hall–Kier alpha value is -4.19. The van der Waals surface area contributed by atoms with Crippen LogP contribution in [-0.2, 0) is 0 Å². The van der Waals surface area contributed by atoms with Crippen LogP contribution in [0.1, 0.15) is 11.4 Å². The molecule has 0 radical (unpaired) electrons. The number of para-hydroxylation sites is 4. The van der Waals surface area contributed by atoms with Gasteiger partial charge in [0.05, 0.1) is 22.9 Å². The van der Waals surface area contributed by atoms with Crippen LogP contribution >= 0.6 is 0 Å². The standard InChI is InChI=1S/C23H18N6/c1-2-8-17(9-3-1)26-23(22-27-20-12-6-7-13-21(20)28-22)29-25-15-16-14-24-19-11-5-4-10-18(16)19/h1-15,24H,(H,26,29)(H,27,28). The van der Waals surface area contributed by atoms with Gasteiger partial charge in [-0.2, -0.15) is 5.10 Å². The Bertz CT molecular complexity index is 1290. The minimum Gasteiger partial charge on any atom is -0.361 e. The van der Waals surface area contributed by atoms with Crippen molar-refractivity contribution in [2.45, 2.75) is 0 Å². The molecule has 0 spiro atoms. The number of benzene rings is 3. The first-order valence-corrected chi connectivity index (χ1v) is 9.31. The molecule has 6 heteroatoms. The van der Waals surface area contributed by atoms with Gasteiger partial charge >= 0.3 is 0 Å². The van der Waals surface area contributed by atoms with Crippen molar-refractivity contribution in [3.05, 3.63) is 96.4 Å². The van der Waals surface area contributed by atoms with E-state index in [9.17, 15) is 0 Å². The summed E-state index contributed by atoms with van der Waals surface area (Å²) in [5.74, 6) is 1.18. The number of hydrazone groups is 1. The number of aromatic amines is 2. The first-order chi connectivity index (χ1) is 14.4. The second-order valence-electron chi connectivity index (χ2n) is 6.56. The number of rotatable bonds is 4. The molecule has 6 nitrogen and oxygen atoms in total. The molecular formula is C23H18N6. The highest BCUT2D eigenvalue weighted by atomic mass is 15.3. The van der Waals surface area contributed by atoms with Crippen molar-refractivity contribution in [1.82, 2.24) is 20.4 Å². The van der Waals surface area contributed by atoms with Crippen molar-refractivity contribution >= 4 is 39.7 Å². The fourth-order valence-electron chi connectivity index (χ4n) is 3.19. The number of amidine groups is 1. The van der Waals surface area contributed by atoms with Crippen LogP contribution in [0.15, 0.2) is 95.2 Å². The lowest BCUT2D eigenvalue weighted by molar-refractivity contribution is 1.01. The molecule has 5 rings (SSSR count). The van der Waals surface area contributed by atoms with Gasteiger partial charge in [0.15, 0.2) is 11.7 Å². The van der Waals surface area contributed by atoms with Crippen LogP contribution in [0.2, 0.25) is 0 Å². The summed E-state index contributed by atoms with van der Waals surface area (Å²) in [5, 5.41) is 5.54. The van der Waals surface area contributed by atoms with Crippen molar-refractivity contribution in [3.8, 4) is 0 Å². The molecule has 0 fully saturated rings. The Kier molecular flexibility index (Phi) is 4.35. The molecule has 2 aromatic heterocycles. The molecule has 29 heavy (non-hydrogen) atoms. The molecule has 0 atom stereocenters. The van der Waals surface area contributed by atoms with Gasteiger partial charge < -0.3 is 9.97 Å². The maximum absolute atomic E-state index is 4.70. The Balaban J connectivity index is 1.49. The van der Waals surface area contributed by atoms with Gasteiger partial charge in [0, 0.05) is 22.7 Å². The SMILES string of the molecule is C(=NNC(=Nc1ccccc1)c1nc2ccccc2[nH]1)c1c[nH]c2ccccc12. The van der Waals surface area contributed by atoms with E-state index in [-0.39, 0.29) is 0 Å². The van der Waals surface area contributed by atoms with Crippen LogP contribution in [0.25, 0.3) is 21.9 Å². The lowest BCUT2D eigenvalue weighted by Crippen LogP contribution is -2.20. The Morgan fingerprint density at radius 2 is 1.62 bits per heavy atom. The number of H-pyrrole nitrogens is 2. The van der Waals surface area contributed by atoms with E-state index < -0.39 is 0 Å². The average Bonchev–Trinajstić information content (AvgIpc) is 3.38. The normalized spacial score (nSPS) is 12.2. The van der Waals surface area contributed by atoms with Crippen LogP contribution < -0.4 is 5.43 Å². The van der Waals surface area contributed by atoms with Crippen LogP contribution in [0.5, 0.6) is 0 Å². The molecule has 0 aliphatic rings. The summed E-state index contributed by atoms with van der Waals surface area (Å²) in [7, 11) is 0. The largest absolute Gasteiger partial charge is 0.361 e. The molecule has 5 aromatic rings. The molecule has 0 bridgehead atoms. The van der Waals surface area contributed by atoms with Crippen molar-refractivity contribution in [2.24, 2.45) is 10.1 Å². The highest BCUT2D eigenvalue weighted by Gasteiger charge is 2.09. The smallest absolute Gasteiger partial charge is 0.190 e. The third-order valence-electron chi connectivity index (χ3n) is 4.61. The molecule has 0 saturated carbocycles. The van der Waals surface area contributed by atoms with Gasteiger partial charge in [0.2, 0.25) is 0 Å². The van der Waals surface area contributed by atoms with Crippen LogP contribution in [0.4, 0.5) is 5.69 Å². The second-order valence-corrected chi connectivity index (χ2v) is 6.56. The topological polar surface area (TPSA) is 81.2 Å². The average molecular weight is 378 g/mol. The quantitative estimate of drug-likeness (QED) is 0.240. The van der Waals surface area contributed by atoms with Crippen LogP contribution in [-0.4, -0.2) is 27.0 Å². The molecule has 0 unspecified atom stereocenters. The number of hydrogen-bond donors (Lipinski definition) is 3. The van der Waals surface area contributed by atoms with Crippen LogP contribution in [0.3, 0.4) is 0 Å². The molecule has 3 aromatic carbocycles. The number of nitrogens with zero attached hydrogens (tertiary/aromatic N) is 3. The van der Waals surface area contributed by atoms with E-state index in [0.29, 0.717) is 11.7 Å². The molecule has 0 saturated heterocycles. The number of imidazole rings is 1. The summed E-state index contributed by atoms with van der Waals surface area (Å²) in [6, 6.07) is 25.7. The predicted molar refractivity (Wildman–Crippen MR) is 118 cm³/mol. The zero-order chi connectivity index (χ0) is 19.5. The van der Waals surface area contributed by atoms with Gasteiger partial charge in [0.1, 0.15) is 0 Å². The van der Waals surface area contributed by atoms with Gasteiger partial charge in [-0.25, -0.2) is 9.98 Å². The number of nitrogens with one attached hydrogen (secondary N) is 3. The number of aliphatic imine (C=N–C) groups is 1. The zero-order valence-corrected chi connectivity index (χ0v) is 15.5. The fourth-order valence-corrected chi connectivity index (χ4v) is 3.19. The van der Waals surface area contributed by atoms with Crippen molar-refractivity contribution in [2.75, 3.05) is 0 Å². The lowest BCUT2D eigenvalue weighted by Gasteiger charge is -2.03. The first-order valence-electron chi connectivity index (χ1n) is 9.31. The lowest BCUT2D eigenvalue weighted by atomic mass is 10.2. The molecule has 140 valence electrons.